The van der Waals surface area contributed by atoms with Gasteiger partial charge in [0.05, 0.1) is 12.6 Å². The number of carbonyl (C=O) groups excluding carboxylic acids is 3. The molecule has 1 aromatic rings. The molecule has 1 saturated heterocycles. The summed E-state index contributed by atoms with van der Waals surface area (Å²) in [4.78, 5) is 38.2. The average Bonchev–Trinajstić information content (AvgIpc) is 2.98. The molecule has 1 aromatic heterocycles. The first kappa shape index (κ1) is 17.3. The number of hydrogen-bond donors (Lipinski definition) is 3. The number of hydrogen-bond acceptors (Lipinski definition) is 4. The van der Waals surface area contributed by atoms with E-state index in [0.717, 1.165) is 5.56 Å². The van der Waals surface area contributed by atoms with Gasteiger partial charge in [-0.3, -0.25) is 9.69 Å². The molecule has 0 aliphatic carbocycles. The average molecular weight is 338 g/mol. The molecule has 1 atom stereocenters. The van der Waals surface area contributed by atoms with Gasteiger partial charge in [0, 0.05) is 22.8 Å². The van der Waals surface area contributed by atoms with Crippen molar-refractivity contribution in [3.05, 3.63) is 21.4 Å². The van der Waals surface area contributed by atoms with Gasteiger partial charge in [0.2, 0.25) is 5.91 Å². The van der Waals surface area contributed by atoms with Crippen molar-refractivity contribution in [2.24, 2.45) is 0 Å². The molecule has 126 valence electrons. The van der Waals surface area contributed by atoms with Crippen LogP contribution in [0.2, 0.25) is 0 Å². The van der Waals surface area contributed by atoms with Gasteiger partial charge in [-0.2, -0.15) is 0 Å². The van der Waals surface area contributed by atoms with Crippen molar-refractivity contribution in [2.45, 2.75) is 33.2 Å². The minimum atomic E-state index is -0.364. The van der Waals surface area contributed by atoms with Crippen molar-refractivity contribution < 1.29 is 14.4 Å². The lowest BCUT2D eigenvalue weighted by Gasteiger charge is -2.16. The van der Waals surface area contributed by atoms with Gasteiger partial charge in [-0.15, -0.1) is 11.3 Å². The Bertz CT molecular complexity index is 598. The normalized spacial score (nSPS) is 15.5. The summed E-state index contributed by atoms with van der Waals surface area (Å²) in [5, 5.41) is 8.10. The second kappa shape index (κ2) is 7.45. The van der Waals surface area contributed by atoms with Gasteiger partial charge in [0.15, 0.2) is 0 Å². The summed E-state index contributed by atoms with van der Waals surface area (Å²) in [6, 6.07) is 1.41. The fourth-order valence-electron chi connectivity index (χ4n) is 2.53. The highest BCUT2D eigenvalue weighted by molar-refractivity contribution is 7.12. The van der Waals surface area contributed by atoms with Crippen LogP contribution in [0.5, 0.6) is 0 Å². The van der Waals surface area contributed by atoms with Crippen LogP contribution in [0.4, 0.5) is 9.59 Å². The highest BCUT2D eigenvalue weighted by Crippen LogP contribution is 2.25. The number of nitrogens with one attached hydrogen (secondary N) is 3. The topological polar surface area (TPSA) is 90.5 Å². The number of carbonyl (C=O) groups is 3. The number of imide groups is 1. The summed E-state index contributed by atoms with van der Waals surface area (Å²) < 4.78 is 0. The second-order valence-corrected chi connectivity index (χ2v) is 7.01. The largest absolute Gasteiger partial charge is 0.338 e. The molecular weight excluding hydrogens is 316 g/mol. The van der Waals surface area contributed by atoms with E-state index in [0.29, 0.717) is 19.5 Å². The Morgan fingerprint density at radius 2 is 2.17 bits per heavy atom. The summed E-state index contributed by atoms with van der Waals surface area (Å²) in [7, 11) is 0. The molecular formula is C15H22N4O3S. The highest BCUT2D eigenvalue weighted by Gasteiger charge is 2.27. The molecule has 0 aromatic carbocycles. The first-order chi connectivity index (χ1) is 10.9. The number of aryl methyl sites for hydroxylation is 2. The molecule has 2 rings (SSSR count). The van der Waals surface area contributed by atoms with Crippen LogP contribution in [-0.2, 0) is 4.79 Å². The Morgan fingerprint density at radius 3 is 2.74 bits per heavy atom. The van der Waals surface area contributed by atoms with Gasteiger partial charge in [0.1, 0.15) is 0 Å². The van der Waals surface area contributed by atoms with Crippen LogP contribution in [0, 0.1) is 13.8 Å². The Morgan fingerprint density at radius 1 is 1.43 bits per heavy atom. The maximum Gasteiger partial charge on any atom is 0.324 e. The molecule has 7 nitrogen and oxygen atoms in total. The number of urea groups is 2. The Kier molecular flexibility index (Phi) is 5.59. The monoisotopic (exact) mass is 338 g/mol. The Labute approximate surface area is 139 Å². The van der Waals surface area contributed by atoms with Crippen LogP contribution in [0.3, 0.4) is 0 Å². The minimum absolute atomic E-state index is 0.0592. The van der Waals surface area contributed by atoms with E-state index >= 15 is 0 Å². The van der Waals surface area contributed by atoms with E-state index in [4.69, 9.17) is 0 Å². The zero-order valence-corrected chi connectivity index (χ0v) is 14.4. The van der Waals surface area contributed by atoms with E-state index in [1.807, 2.05) is 20.8 Å². The molecule has 8 heteroatoms. The molecule has 0 radical (unpaired) electrons. The SMILES string of the molecule is Cc1cc(C(C)NC(=O)NCCCN2C(=O)CNC2=O)c(C)s1. The van der Waals surface area contributed by atoms with Crippen LogP contribution >= 0.6 is 11.3 Å². The number of thiophene rings is 1. The van der Waals surface area contributed by atoms with Crippen molar-refractivity contribution in [3.63, 3.8) is 0 Å². The van der Waals surface area contributed by atoms with Gasteiger partial charge in [-0.25, -0.2) is 9.59 Å². The highest BCUT2D eigenvalue weighted by atomic mass is 32.1. The van der Waals surface area contributed by atoms with Crippen molar-refractivity contribution in [3.8, 4) is 0 Å². The third-order valence-electron chi connectivity index (χ3n) is 3.67. The molecule has 0 saturated carbocycles. The molecule has 1 fully saturated rings. The number of nitrogens with zero attached hydrogens (tertiary/aromatic N) is 1. The van der Waals surface area contributed by atoms with Gasteiger partial charge < -0.3 is 16.0 Å². The fourth-order valence-corrected chi connectivity index (χ4v) is 3.55. The maximum atomic E-state index is 11.9. The first-order valence-electron chi connectivity index (χ1n) is 7.58. The van der Waals surface area contributed by atoms with Crippen molar-refractivity contribution in [1.82, 2.24) is 20.9 Å². The summed E-state index contributed by atoms with van der Waals surface area (Å²) in [6.07, 6.45) is 0.525. The van der Waals surface area contributed by atoms with E-state index in [2.05, 4.69) is 22.0 Å². The standard InChI is InChI=1S/C15H22N4O3S/c1-9-7-12(11(3)23-9)10(2)18-14(21)16-5-4-6-19-13(20)8-17-15(19)22/h7,10H,4-6,8H2,1-3H3,(H,17,22)(H2,16,18,21). The zero-order chi connectivity index (χ0) is 17.0. The summed E-state index contributed by atoms with van der Waals surface area (Å²) in [5.41, 5.74) is 1.13. The van der Waals surface area contributed by atoms with Crippen LogP contribution in [-0.4, -0.2) is 42.5 Å². The lowest BCUT2D eigenvalue weighted by Crippen LogP contribution is -2.39. The molecule has 1 unspecified atom stereocenters. The van der Waals surface area contributed by atoms with E-state index in [9.17, 15) is 14.4 Å². The van der Waals surface area contributed by atoms with Crippen molar-refractivity contribution in [1.29, 1.82) is 0 Å². The Hall–Kier alpha value is -2.09. The van der Waals surface area contributed by atoms with Gasteiger partial charge in [0.25, 0.3) is 0 Å². The van der Waals surface area contributed by atoms with Crippen molar-refractivity contribution >= 4 is 29.3 Å². The summed E-state index contributed by atoms with van der Waals surface area (Å²) in [5.74, 6) is -0.226. The quantitative estimate of drug-likeness (QED) is 0.544. The van der Waals surface area contributed by atoms with Crippen LogP contribution in [0.15, 0.2) is 6.07 Å². The van der Waals surface area contributed by atoms with Gasteiger partial charge >= 0.3 is 12.1 Å². The molecule has 1 aliphatic rings. The molecule has 23 heavy (non-hydrogen) atoms. The molecule has 3 N–H and O–H groups in total. The third kappa shape index (κ3) is 4.44. The van der Waals surface area contributed by atoms with Crippen LogP contribution < -0.4 is 16.0 Å². The van der Waals surface area contributed by atoms with E-state index in [1.165, 1.54) is 14.7 Å². The lowest BCUT2D eigenvalue weighted by molar-refractivity contribution is -0.125. The third-order valence-corrected chi connectivity index (χ3v) is 4.66. The van der Waals surface area contributed by atoms with E-state index in [-0.39, 0.29) is 30.6 Å². The predicted molar refractivity (Wildman–Crippen MR) is 88.5 cm³/mol. The molecule has 5 amide bonds. The lowest BCUT2D eigenvalue weighted by atomic mass is 10.1. The number of amides is 5. The van der Waals surface area contributed by atoms with Crippen LogP contribution in [0.1, 0.15) is 34.7 Å². The molecule has 2 heterocycles. The zero-order valence-electron chi connectivity index (χ0n) is 13.6. The van der Waals surface area contributed by atoms with E-state index < -0.39 is 0 Å². The van der Waals surface area contributed by atoms with Gasteiger partial charge in [-0.1, -0.05) is 0 Å². The summed E-state index contributed by atoms with van der Waals surface area (Å²) >= 11 is 1.71. The minimum Gasteiger partial charge on any atom is -0.338 e. The van der Waals surface area contributed by atoms with Gasteiger partial charge in [-0.05, 0) is 38.8 Å². The molecule has 0 spiro atoms. The fraction of sp³-hybridized carbons (Fsp3) is 0.533. The number of rotatable bonds is 6. The smallest absolute Gasteiger partial charge is 0.324 e. The van der Waals surface area contributed by atoms with Crippen molar-refractivity contribution in [2.75, 3.05) is 19.6 Å². The second-order valence-electron chi connectivity index (χ2n) is 5.55. The van der Waals surface area contributed by atoms with Crippen LogP contribution in [0.25, 0.3) is 0 Å². The van der Waals surface area contributed by atoms with E-state index in [1.54, 1.807) is 11.3 Å². The Balaban J connectivity index is 1.70. The molecule has 0 bridgehead atoms. The molecule has 1 aliphatic heterocycles. The first-order valence-corrected chi connectivity index (χ1v) is 8.39. The maximum absolute atomic E-state index is 11.9. The predicted octanol–water partition coefficient (Wildman–Crippen LogP) is 1.67. The summed E-state index contributed by atoms with van der Waals surface area (Å²) in [6.45, 7) is 6.80.